The van der Waals surface area contributed by atoms with E-state index in [4.69, 9.17) is 4.74 Å². The first kappa shape index (κ1) is 10.7. The quantitative estimate of drug-likeness (QED) is 0.662. The fourth-order valence-corrected chi connectivity index (χ4v) is 1.12. The number of ketones is 1. The summed E-state index contributed by atoms with van der Waals surface area (Å²) in [5.41, 5.74) is 0. The Kier molecular flexibility index (Phi) is 4.11. The molecular weight excluding hydrogens is 178 g/mol. The van der Waals surface area contributed by atoms with Crippen molar-refractivity contribution in [3.63, 3.8) is 0 Å². The van der Waals surface area contributed by atoms with Crippen molar-refractivity contribution in [2.24, 2.45) is 0 Å². The highest BCUT2D eigenvalue weighted by Gasteiger charge is 2.03. The molecule has 0 atom stereocenters. The first-order valence-electron chi connectivity index (χ1n) is 4.83. The Morgan fingerprint density at radius 3 is 2.57 bits per heavy atom. The maximum atomic E-state index is 10.8. The molecule has 76 valence electrons. The van der Waals surface area contributed by atoms with Crippen LogP contribution in [0.25, 0.3) is 0 Å². The average molecular weight is 194 g/mol. The molecule has 0 aliphatic rings. The van der Waals surface area contributed by atoms with Gasteiger partial charge in [-0.25, -0.2) is 0 Å². The van der Waals surface area contributed by atoms with Gasteiger partial charge < -0.3 is 4.74 Å². The fourth-order valence-electron chi connectivity index (χ4n) is 1.12. The Bertz CT molecular complexity index is 293. The van der Waals surface area contributed by atoms with Gasteiger partial charge in [0.1, 0.15) is 5.75 Å². The van der Waals surface area contributed by atoms with Crippen LogP contribution in [0.1, 0.15) is 20.3 Å². The molecule has 1 heterocycles. The third-order valence-corrected chi connectivity index (χ3v) is 1.74. The highest BCUT2D eigenvalue weighted by Crippen LogP contribution is 2.05. The van der Waals surface area contributed by atoms with Crippen molar-refractivity contribution in [2.45, 2.75) is 26.8 Å². The lowest BCUT2D eigenvalue weighted by molar-refractivity contribution is -0.684. The van der Waals surface area contributed by atoms with Crippen molar-refractivity contribution in [3.05, 3.63) is 24.5 Å². The zero-order chi connectivity index (χ0) is 10.4. The van der Waals surface area contributed by atoms with Gasteiger partial charge in [0.15, 0.2) is 18.2 Å². The van der Waals surface area contributed by atoms with Gasteiger partial charge in [-0.05, 0) is 6.42 Å². The second kappa shape index (κ2) is 5.37. The van der Waals surface area contributed by atoms with Crippen molar-refractivity contribution < 1.29 is 14.1 Å². The number of hydrogen-bond acceptors (Lipinski definition) is 2. The lowest BCUT2D eigenvalue weighted by Crippen LogP contribution is -2.35. The first-order valence-corrected chi connectivity index (χ1v) is 4.83. The summed E-state index contributed by atoms with van der Waals surface area (Å²) in [4.78, 5) is 10.8. The van der Waals surface area contributed by atoms with E-state index >= 15 is 0 Å². The summed E-state index contributed by atoms with van der Waals surface area (Å²) in [6, 6.07) is 3.75. The molecule has 0 aliphatic carbocycles. The maximum Gasteiger partial charge on any atom is 0.206 e. The molecule has 0 fully saturated rings. The van der Waals surface area contributed by atoms with E-state index in [1.54, 1.807) is 6.92 Å². The third kappa shape index (κ3) is 3.56. The van der Waals surface area contributed by atoms with E-state index in [-0.39, 0.29) is 5.78 Å². The normalized spacial score (nSPS) is 9.86. The Balaban J connectivity index is 2.54. The molecular formula is C11H16NO2+. The first-order chi connectivity index (χ1) is 6.72. The van der Waals surface area contributed by atoms with Gasteiger partial charge in [0.2, 0.25) is 6.54 Å². The number of pyridine rings is 1. The summed E-state index contributed by atoms with van der Waals surface area (Å²) in [6.07, 6.45) is 4.71. The van der Waals surface area contributed by atoms with E-state index in [1.807, 2.05) is 29.1 Å². The van der Waals surface area contributed by atoms with Crippen molar-refractivity contribution in [1.82, 2.24) is 0 Å². The van der Waals surface area contributed by atoms with E-state index in [2.05, 4.69) is 6.92 Å². The van der Waals surface area contributed by atoms with Gasteiger partial charge in [0, 0.05) is 19.1 Å². The van der Waals surface area contributed by atoms with Gasteiger partial charge in [-0.3, -0.25) is 4.79 Å². The van der Waals surface area contributed by atoms with Crippen LogP contribution in [0.5, 0.6) is 5.75 Å². The van der Waals surface area contributed by atoms with E-state index in [0.29, 0.717) is 6.54 Å². The van der Waals surface area contributed by atoms with Crippen molar-refractivity contribution in [3.8, 4) is 5.75 Å². The summed E-state index contributed by atoms with van der Waals surface area (Å²) in [5, 5.41) is 0. The molecule has 14 heavy (non-hydrogen) atoms. The number of nitrogens with zero attached hydrogens (tertiary/aromatic N) is 1. The van der Waals surface area contributed by atoms with Crippen LogP contribution in [0.4, 0.5) is 0 Å². The number of carbonyl (C=O) groups excluding carboxylic acids is 1. The molecule has 0 unspecified atom stereocenters. The van der Waals surface area contributed by atoms with Gasteiger partial charge in [0.25, 0.3) is 0 Å². The van der Waals surface area contributed by atoms with E-state index in [9.17, 15) is 4.79 Å². The molecule has 0 aliphatic heterocycles. The number of Topliss-reactive ketones (excluding diaryl/α,β-unsaturated/α-hetero) is 1. The van der Waals surface area contributed by atoms with Crippen LogP contribution >= 0.6 is 0 Å². The molecule has 1 aromatic rings. The molecule has 1 rings (SSSR count). The topological polar surface area (TPSA) is 30.2 Å². The Morgan fingerprint density at radius 2 is 2.07 bits per heavy atom. The van der Waals surface area contributed by atoms with Gasteiger partial charge >= 0.3 is 0 Å². The fraction of sp³-hybridized carbons (Fsp3) is 0.455. The second-order valence-corrected chi connectivity index (χ2v) is 3.26. The van der Waals surface area contributed by atoms with Crippen LogP contribution in [0.3, 0.4) is 0 Å². The Morgan fingerprint density at radius 1 is 1.43 bits per heavy atom. The minimum atomic E-state index is 0.150. The molecule has 0 aromatic carbocycles. The predicted octanol–water partition coefficient (Wildman–Crippen LogP) is 1.35. The second-order valence-electron chi connectivity index (χ2n) is 3.26. The van der Waals surface area contributed by atoms with Crippen LogP contribution in [0, 0.1) is 0 Å². The zero-order valence-electron chi connectivity index (χ0n) is 8.69. The molecule has 0 saturated heterocycles. The van der Waals surface area contributed by atoms with Gasteiger partial charge in [-0.2, -0.15) is 4.57 Å². The summed E-state index contributed by atoms with van der Waals surface area (Å²) in [6.45, 7) is 4.80. The smallest absolute Gasteiger partial charge is 0.206 e. The largest absolute Gasteiger partial charge is 0.493 e. The Labute approximate surface area is 84.3 Å². The third-order valence-electron chi connectivity index (χ3n) is 1.74. The van der Waals surface area contributed by atoms with Crippen LogP contribution in [0.15, 0.2) is 24.5 Å². The maximum absolute atomic E-state index is 10.8. The molecule has 0 N–H and O–H groups in total. The van der Waals surface area contributed by atoms with E-state index in [1.165, 1.54) is 0 Å². The number of ether oxygens (including phenoxy) is 1. The molecule has 1 aromatic heterocycles. The standard InChI is InChI=1S/C11H16NO2/c1-3-8-14-11-4-6-12(7-5-11)9-10(2)13/h4-7H,3,8-9H2,1-2H3/q+1. The molecule has 0 spiro atoms. The van der Waals surface area contributed by atoms with Crippen LogP contribution in [0.2, 0.25) is 0 Å². The van der Waals surface area contributed by atoms with Gasteiger partial charge in [-0.15, -0.1) is 0 Å². The molecule has 0 bridgehead atoms. The van der Waals surface area contributed by atoms with Gasteiger partial charge in [-0.1, -0.05) is 6.92 Å². The molecule has 0 amide bonds. The summed E-state index contributed by atoms with van der Waals surface area (Å²) in [5.74, 6) is 1.00. The van der Waals surface area contributed by atoms with Crippen LogP contribution in [-0.2, 0) is 11.3 Å². The molecule has 0 radical (unpaired) electrons. The van der Waals surface area contributed by atoms with Crippen molar-refractivity contribution >= 4 is 5.78 Å². The van der Waals surface area contributed by atoms with Gasteiger partial charge in [0.05, 0.1) is 6.61 Å². The summed E-state index contributed by atoms with van der Waals surface area (Å²) in [7, 11) is 0. The number of carbonyl (C=O) groups is 1. The van der Waals surface area contributed by atoms with E-state index in [0.717, 1.165) is 18.8 Å². The monoisotopic (exact) mass is 194 g/mol. The molecule has 3 nitrogen and oxygen atoms in total. The minimum absolute atomic E-state index is 0.150. The molecule has 0 saturated carbocycles. The van der Waals surface area contributed by atoms with Crippen LogP contribution < -0.4 is 9.30 Å². The average Bonchev–Trinajstić information content (AvgIpc) is 2.16. The van der Waals surface area contributed by atoms with Crippen molar-refractivity contribution in [2.75, 3.05) is 6.61 Å². The highest BCUT2D eigenvalue weighted by molar-refractivity contribution is 5.73. The lowest BCUT2D eigenvalue weighted by Gasteiger charge is -2.02. The predicted molar refractivity (Wildman–Crippen MR) is 53.1 cm³/mol. The summed E-state index contributed by atoms with van der Waals surface area (Å²) < 4.78 is 7.25. The van der Waals surface area contributed by atoms with Crippen LogP contribution in [-0.4, -0.2) is 12.4 Å². The minimum Gasteiger partial charge on any atom is -0.493 e. The van der Waals surface area contributed by atoms with Crippen molar-refractivity contribution in [1.29, 1.82) is 0 Å². The Hall–Kier alpha value is -1.38. The highest BCUT2D eigenvalue weighted by atomic mass is 16.5. The number of rotatable bonds is 5. The lowest BCUT2D eigenvalue weighted by atomic mass is 10.4. The van der Waals surface area contributed by atoms with E-state index < -0.39 is 0 Å². The molecule has 3 heteroatoms. The number of hydrogen-bond donors (Lipinski definition) is 0. The summed E-state index contributed by atoms with van der Waals surface area (Å²) >= 11 is 0. The zero-order valence-corrected chi connectivity index (χ0v) is 8.69. The number of aromatic nitrogens is 1. The SMILES string of the molecule is CCCOc1cc[n+](CC(C)=O)cc1.